The van der Waals surface area contributed by atoms with Gasteiger partial charge >= 0.3 is 0 Å². The molecule has 4 unspecified atom stereocenters. The molecule has 0 aromatic rings. The maximum absolute atomic E-state index is 9.39. The monoisotopic (exact) mass is 235 g/mol. The van der Waals surface area contributed by atoms with Gasteiger partial charge in [0.1, 0.15) is 0 Å². The average molecular weight is 235 g/mol. The molecule has 4 N–H and O–H groups in total. The van der Waals surface area contributed by atoms with E-state index in [1.807, 2.05) is 6.92 Å². The maximum atomic E-state index is 9.39. The Labute approximate surface area is 97.4 Å². The predicted octanol–water partition coefficient (Wildman–Crippen LogP) is 1.22. The molecule has 0 aliphatic carbocycles. The largest absolute Gasteiger partial charge is 0.395 e. The first kappa shape index (κ1) is 15.2. The molecule has 92 valence electrons. The standard InChI is InChI=1S/C11H25NO2S/c1-7(2)5-10(12)11(6-13)15-9(4)8(3)14/h7-11,13-14H,5-6,12H2,1-4H3. The Bertz CT molecular complexity index is 165. The second-order valence-electron chi connectivity index (χ2n) is 4.60. The van der Waals surface area contributed by atoms with Crippen LogP contribution in [0.3, 0.4) is 0 Å². The molecule has 0 rings (SSSR count). The molecule has 0 aromatic carbocycles. The lowest BCUT2D eigenvalue weighted by Crippen LogP contribution is -2.38. The van der Waals surface area contributed by atoms with Crippen LogP contribution in [0.1, 0.15) is 34.1 Å². The van der Waals surface area contributed by atoms with Crippen LogP contribution in [0.4, 0.5) is 0 Å². The molecule has 0 amide bonds. The number of hydrogen-bond donors (Lipinski definition) is 3. The van der Waals surface area contributed by atoms with Crippen molar-refractivity contribution in [1.29, 1.82) is 0 Å². The molecule has 0 spiro atoms. The van der Waals surface area contributed by atoms with Crippen LogP contribution in [0.5, 0.6) is 0 Å². The summed E-state index contributed by atoms with van der Waals surface area (Å²) in [4.78, 5) is 0. The van der Waals surface area contributed by atoms with Crippen molar-refractivity contribution in [2.75, 3.05) is 6.61 Å². The second-order valence-corrected chi connectivity index (χ2v) is 6.22. The molecule has 0 aliphatic heterocycles. The van der Waals surface area contributed by atoms with Crippen LogP contribution >= 0.6 is 11.8 Å². The van der Waals surface area contributed by atoms with Gasteiger partial charge in [0.05, 0.1) is 12.7 Å². The van der Waals surface area contributed by atoms with E-state index in [4.69, 9.17) is 5.73 Å². The van der Waals surface area contributed by atoms with Crippen LogP contribution < -0.4 is 5.73 Å². The fourth-order valence-electron chi connectivity index (χ4n) is 1.36. The third kappa shape index (κ3) is 6.40. The van der Waals surface area contributed by atoms with E-state index in [-0.39, 0.29) is 29.3 Å². The average Bonchev–Trinajstić information content (AvgIpc) is 2.11. The molecular weight excluding hydrogens is 210 g/mol. The molecular formula is C11H25NO2S. The van der Waals surface area contributed by atoms with Gasteiger partial charge in [-0.3, -0.25) is 0 Å². The van der Waals surface area contributed by atoms with Crippen molar-refractivity contribution in [3.63, 3.8) is 0 Å². The normalized spacial score (nSPS) is 20.0. The van der Waals surface area contributed by atoms with Crippen molar-refractivity contribution in [1.82, 2.24) is 0 Å². The topological polar surface area (TPSA) is 66.5 Å². The van der Waals surface area contributed by atoms with Crippen molar-refractivity contribution in [3.05, 3.63) is 0 Å². The van der Waals surface area contributed by atoms with Crippen molar-refractivity contribution >= 4 is 11.8 Å². The SMILES string of the molecule is CC(C)CC(N)C(CO)SC(C)C(C)O. The summed E-state index contributed by atoms with van der Waals surface area (Å²) in [6.45, 7) is 8.05. The lowest BCUT2D eigenvalue weighted by Gasteiger charge is -2.26. The molecule has 0 fully saturated rings. The van der Waals surface area contributed by atoms with Crippen molar-refractivity contribution in [2.24, 2.45) is 11.7 Å². The van der Waals surface area contributed by atoms with Crippen molar-refractivity contribution < 1.29 is 10.2 Å². The summed E-state index contributed by atoms with van der Waals surface area (Å²) < 4.78 is 0. The smallest absolute Gasteiger partial charge is 0.0628 e. The van der Waals surface area contributed by atoms with E-state index < -0.39 is 0 Å². The summed E-state index contributed by atoms with van der Waals surface area (Å²) in [5.41, 5.74) is 6.02. The minimum Gasteiger partial charge on any atom is -0.395 e. The number of aliphatic hydroxyl groups is 2. The fourth-order valence-corrected chi connectivity index (χ4v) is 2.54. The van der Waals surface area contributed by atoms with E-state index >= 15 is 0 Å². The van der Waals surface area contributed by atoms with Crippen molar-refractivity contribution in [3.8, 4) is 0 Å². The zero-order chi connectivity index (χ0) is 12.0. The summed E-state index contributed by atoms with van der Waals surface area (Å²) in [6.07, 6.45) is 0.542. The van der Waals surface area contributed by atoms with Gasteiger partial charge in [0, 0.05) is 16.5 Å². The molecule has 0 aliphatic rings. The molecule has 0 saturated heterocycles. The highest BCUT2D eigenvalue weighted by atomic mass is 32.2. The number of nitrogens with two attached hydrogens (primary N) is 1. The van der Waals surface area contributed by atoms with Gasteiger partial charge in [0.25, 0.3) is 0 Å². The van der Waals surface area contributed by atoms with Gasteiger partial charge in [-0.05, 0) is 19.3 Å². The van der Waals surface area contributed by atoms with Gasteiger partial charge in [-0.15, -0.1) is 11.8 Å². The van der Waals surface area contributed by atoms with E-state index in [2.05, 4.69) is 13.8 Å². The minimum absolute atomic E-state index is 0.00111. The molecule has 4 heteroatoms. The summed E-state index contributed by atoms with van der Waals surface area (Å²) in [6, 6.07) is 0.00111. The highest BCUT2D eigenvalue weighted by molar-refractivity contribution is 8.00. The summed E-state index contributed by atoms with van der Waals surface area (Å²) >= 11 is 1.58. The first-order valence-corrected chi connectivity index (χ1v) is 6.52. The van der Waals surface area contributed by atoms with E-state index in [1.54, 1.807) is 18.7 Å². The molecule has 0 heterocycles. The Hall–Kier alpha value is 0.230. The van der Waals surface area contributed by atoms with Crippen LogP contribution in [0.2, 0.25) is 0 Å². The van der Waals surface area contributed by atoms with Crippen LogP contribution in [-0.4, -0.2) is 39.5 Å². The molecule has 3 nitrogen and oxygen atoms in total. The number of hydrogen-bond acceptors (Lipinski definition) is 4. The highest BCUT2D eigenvalue weighted by Gasteiger charge is 2.22. The van der Waals surface area contributed by atoms with Gasteiger partial charge in [-0.1, -0.05) is 20.8 Å². The minimum atomic E-state index is -0.365. The third-order valence-electron chi connectivity index (χ3n) is 2.47. The number of aliphatic hydroxyl groups excluding tert-OH is 2. The Kier molecular flexibility index (Phi) is 7.61. The van der Waals surface area contributed by atoms with Gasteiger partial charge in [0.2, 0.25) is 0 Å². The molecule has 0 bridgehead atoms. The second kappa shape index (κ2) is 7.49. The molecule has 0 saturated carbocycles. The highest BCUT2D eigenvalue weighted by Crippen LogP contribution is 2.24. The quantitative estimate of drug-likeness (QED) is 0.621. The molecule has 0 aromatic heterocycles. The summed E-state index contributed by atoms with van der Waals surface area (Å²) in [5, 5.41) is 18.8. The van der Waals surface area contributed by atoms with Gasteiger partial charge in [-0.25, -0.2) is 0 Å². The Balaban J connectivity index is 4.11. The van der Waals surface area contributed by atoms with Gasteiger partial charge < -0.3 is 15.9 Å². The first-order chi connectivity index (χ1) is 6.88. The maximum Gasteiger partial charge on any atom is 0.0628 e. The zero-order valence-electron chi connectivity index (χ0n) is 10.2. The van der Waals surface area contributed by atoms with E-state index in [1.165, 1.54) is 0 Å². The molecule has 0 radical (unpaired) electrons. The molecule has 4 atom stereocenters. The lowest BCUT2D eigenvalue weighted by atomic mass is 10.0. The molecule has 15 heavy (non-hydrogen) atoms. The first-order valence-electron chi connectivity index (χ1n) is 5.58. The Morgan fingerprint density at radius 1 is 1.20 bits per heavy atom. The van der Waals surface area contributed by atoms with E-state index in [9.17, 15) is 10.2 Å². The van der Waals surface area contributed by atoms with Crippen LogP contribution in [0, 0.1) is 5.92 Å². The zero-order valence-corrected chi connectivity index (χ0v) is 11.0. The van der Waals surface area contributed by atoms with Crippen LogP contribution in [-0.2, 0) is 0 Å². The van der Waals surface area contributed by atoms with Crippen molar-refractivity contribution in [2.45, 2.75) is 56.8 Å². The van der Waals surface area contributed by atoms with E-state index in [0.29, 0.717) is 5.92 Å². The van der Waals surface area contributed by atoms with Gasteiger partial charge in [-0.2, -0.15) is 0 Å². The summed E-state index contributed by atoms with van der Waals surface area (Å²) in [5.74, 6) is 0.538. The van der Waals surface area contributed by atoms with Crippen LogP contribution in [0.15, 0.2) is 0 Å². The Morgan fingerprint density at radius 3 is 2.07 bits per heavy atom. The van der Waals surface area contributed by atoms with E-state index in [0.717, 1.165) is 6.42 Å². The van der Waals surface area contributed by atoms with Gasteiger partial charge in [0.15, 0.2) is 0 Å². The third-order valence-corrected chi connectivity index (χ3v) is 4.14. The number of rotatable bonds is 7. The summed E-state index contributed by atoms with van der Waals surface area (Å²) in [7, 11) is 0. The number of thioether (sulfide) groups is 1. The Morgan fingerprint density at radius 2 is 1.73 bits per heavy atom. The lowest BCUT2D eigenvalue weighted by molar-refractivity contribution is 0.195. The fraction of sp³-hybridized carbons (Fsp3) is 1.00. The van der Waals surface area contributed by atoms with Crippen LogP contribution in [0.25, 0.3) is 0 Å². The predicted molar refractivity (Wildman–Crippen MR) is 67.0 cm³/mol.